The number of hydrogen-bond acceptors (Lipinski definition) is 2. The summed E-state index contributed by atoms with van der Waals surface area (Å²) in [6.07, 6.45) is 7.65. The first-order chi connectivity index (χ1) is 7.95. The summed E-state index contributed by atoms with van der Waals surface area (Å²) in [6, 6.07) is 0. The second kappa shape index (κ2) is 6.11. The minimum absolute atomic E-state index is 0. The van der Waals surface area contributed by atoms with E-state index in [1.807, 2.05) is 0 Å². The fourth-order valence-corrected chi connectivity index (χ4v) is 3.72. The van der Waals surface area contributed by atoms with Crippen molar-refractivity contribution in [3.05, 3.63) is 0 Å². The summed E-state index contributed by atoms with van der Waals surface area (Å²) in [5.74, 6) is 1.61. The highest BCUT2D eigenvalue weighted by atomic mass is 35.5. The molecule has 0 aromatic rings. The molecule has 2 fully saturated rings. The van der Waals surface area contributed by atoms with Crippen molar-refractivity contribution in [2.45, 2.75) is 64.9 Å². The van der Waals surface area contributed by atoms with E-state index in [1.54, 1.807) is 0 Å². The van der Waals surface area contributed by atoms with E-state index in [4.69, 9.17) is 10.5 Å². The third kappa shape index (κ3) is 3.61. The van der Waals surface area contributed by atoms with Gasteiger partial charge in [-0.3, -0.25) is 0 Å². The maximum Gasteiger partial charge on any atom is 0.0686 e. The van der Waals surface area contributed by atoms with Crippen molar-refractivity contribution in [1.29, 1.82) is 0 Å². The van der Waals surface area contributed by atoms with Crippen LogP contribution in [0.4, 0.5) is 0 Å². The van der Waals surface area contributed by atoms with Gasteiger partial charge in [-0.1, -0.05) is 20.8 Å². The van der Waals surface area contributed by atoms with Gasteiger partial charge in [-0.2, -0.15) is 0 Å². The van der Waals surface area contributed by atoms with Gasteiger partial charge < -0.3 is 10.5 Å². The Labute approximate surface area is 118 Å². The van der Waals surface area contributed by atoms with Gasteiger partial charge in [0.25, 0.3) is 0 Å². The van der Waals surface area contributed by atoms with Crippen molar-refractivity contribution in [2.75, 3.05) is 13.2 Å². The van der Waals surface area contributed by atoms with Gasteiger partial charge in [0.05, 0.1) is 12.2 Å². The van der Waals surface area contributed by atoms with E-state index in [0.29, 0.717) is 5.41 Å². The lowest BCUT2D eigenvalue weighted by Crippen LogP contribution is -2.37. The highest BCUT2D eigenvalue weighted by Crippen LogP contribution is 2.48. The number of rotatable bonds is 2. The lowest BCUT2D eigenvalue weighted by molar-refractivity contribution is -0.0466. The Bertz CT molecular complexity index is 254. The Balaban J connectivity index is 0.00000162. The molecule has 3 heteroatoms. The van der Waals surface area contributed by atoms with E-state index in [9.17, 15) is 0 Å². The minimum atomic E-state index is 0. The zero-order chi connectivity index (χ0) is 12.5. The smallest absolute Gasteiger partial charge is 0.0686 e. The molecule has 2 nitrogen and oxygen atoms in total. The van der Waals surface area contributed by atoms with Crippen LogP contribution in [-0.2, 0) is 4.74 Å². The van der Waals surface area contributed by atoms with Crippen molar-refractivity contribution in [2.24, 2.45) is 23.0 Å². The lowest BCUT2D eigenvalue weighted by Gasteiger charge is -2.41. The summed E-state index contributed by atoms with van der Waals surface area (Å²) in [7, 11) is 0. The average Bonchev–Trinajstić information content (AvgIpc) is 2.61. The van der Waals surface area contributed by atoms with Crippen LogP contribution >= 0.6 is 12.4 Å². The fraction of sp³-hybridized carbons (Fsp3) is 1.00. The molecule has 1 heterocycles. The first-order valence-electron chi connectivity index (χ1n) is 7.29. The standard InChI is InChI=1S/C15H29NO.ClH/c1-14(2,3)13-4-7-15(8-5-13)10-12(6-9-16)11-17-15;/h12-13H,4-11,16H2,1-3H3;1H. The molecule has 2 aliphatic rings. The predicted molar refractivity (Wildman–Crippen MR) is 79.1 cm³/mol. The minimum Gasteiger partial charge on any atom is -0.375 e. The summed E-state index contributed by atoms with van der Waals surface area (Å²) >= 11 is 0. The maximum atomic E-state index is 6.15. The van der Waals surface area contributed by atoms with Crippen LogP contribution in [0.3, 0.4) is 0 Å². The van der Waals surface area contributed by atoms with Gasteiger partial charge in [0, 0.05) is 0 Å². The van der Waals surface area contributed by atoms with E-state index in [-0.39, 0.29) is 18.0 Å². The van der Waals surface area contributed by atoms with E-state index in [2.05, 4.69) is 20.8 Å². The van der Waals surface area contributed by atoms with Crippen LogP contribution in [0, 0.1) is 17.3 Å². The molecular weight excluding hydrogens is 246 g/mol. The molecule has 1 aliphatic heterocycles. The first kappa shape index (κ1) is 16.3. The molecule has 1 saturated heterocycles. The summed E-state index contributed by atoms with van der Waals surface area (Å²) < 4.78 is 6.15. The second-order valence-corrected chi connectivity index (χ2v) is 7.28. The van der Waals surface area contributed by atoms with Gasteiger partial charge in [-0.05, 0) is 62.3 Å². The Kier molecular flexibility index (Phi) is 5.52. The third-order valence-corrected chi connectivity index (χ3v) is 4.98. The molecule has 0 aromatic heterocycles. The quantitative estimate of drug-likeness (QED) is 0.833. The van der Waals surface area contributed by atoms with E-state index < -0.39 is 0 Å². The molecule has 1 saturated carbocycles. The highest BCUT2D eigenvalue weighted by molar-refractivity contribution is 5.85. The number of ether oxygens (including phenoxy) is 1. The molecule has 0 aromatic carbocycles. The molecule has 1 unspecified atom stereocenters. The van der Waals surface area contributed by atoms with Gasteiger partial charge >= 0.3 is 0 Å². The van der Waals surface area contributed by atoms with Crippen molar-refractivity contribution in [3.63, 3.8) is 0 Å². The van der Waals surface area contributed by atoms with E-state index >= 15 is 0 Å². The highest BCUT2D eigenvalue weighted by Gasteiger charge is 2.44. The molecular formula is C15H30ClNO. The Hall–Kier alpha value is 0.210. The molecule has 18 heavy (non-hydrogen) atoms. The Morgan fingerprint density at radius 2 is 1.83 bits per heavy atom. The summed E-state index contributed by atoms with van der Waals surface area (Å²) in [4.78, 5) is 0. The van der Waals surface area contributed by atoms with Crippen molar-refractivity contribution >= 4 is 12.4 Å². The summed E-state index contributed by atoms with van der Waals surface area (Å²) in [5, 5.41) is 0. The van der Waals surface area contributed by atoms with Crippen LogP contribution in [0.1, 0.15) is 59.3 Å². The molecule has 2 rings (SSSR count). The van der Waals surface area contributed by atoms with Crippen LogP contribution < -0.4 is 5.73 Å². The van der Waals surface area contributed by atoms with Gasteiger partial charge in [0.1, 0.15) is 0 Å². The fourth-order valence-electron chi connectivity index (χ4n) is 3.72. The predicted octanol–water partition coefficient (Wildman–Crippen LogP) is 3.77. The number of halogens is 1. The van der Waals surface area contributed by atoms with Crippen LogP contribution in [0.25, 0.3) is 0 Å². The van der Waals surface area contributed by atoms with Crippen molar-refractivity contribution in [3.8, 4) is 0 Å². The molecule has 2 N–H and O–H groups in total. The van der Waals surface area contributed by atoms with Crippen molar-refractivity contribution in [1.82, 2.24) is 0 Å². The SMILES string of the molecule is CC(C)(C)C1CCC2(CC1)CC(CCN)CO2.Cl. The monoisotopic (exact) mass is 275 g/mol. The lowest BCUT2D eigenvalue weighted by atomic mass is 9.67. The molecule has 0 bridgehead atoms. The first-order valence-corrected chi connectivity index (χ1v) is 7.29. The van der Waals surface area contributed by atoms with Crippen LogP contribution in [-0.4, -0.2) is 18.8 Å². The average molecular weight is 276 g/mol. The van der Waals surface area contributed by atoms with Crippen molar-refractivity contribution < 1.29 is 4.74 Å². The van der Waals surface area contributed by atoms with Gasteiger partial charge in [-0.25, -0.2) is 0 Å². The van der Waals surface area contributed by atoms with E-state index in [0.717, 1.165) is 31.4 Å². The topological polar surface area (TPSA) is 35.2 Å². The Morgan fingerprint density at radius 1 is 1.22 bits per heavy atom. The van der Waals surface area contributed by atoms with Gasteiger partial charge in [0.15, 0.2) is 0 Å². The van der Waals surface area contributed by atoms with Gasteiger partial charge in [0.2, 0.25) is 0 Å². The van der Waals surface area contributed by atoms with Crippen LogP contribution in [0.5, 0.6) is 0 Å². The third-order valence-electron chi connectivity index (χ3n) is 4.98. The normalized spacial score (nSPS) is 36.7. The Morgan fingerprint density at radius 3 is 2.33 bits per heavy atom. The van der Waals surface area contributed by atoms with Crippen LogP contribution in [0.15, 0.2) is 0 Å². The molecule has 108 valence electrons. The summed E-state index contributed by atoms with van der Waals surface area (Å²) in [5.41, 5.74) is 6.36. The largest absolute Gasteiger partial charge is 0.375 e. The molecule has 0 radical (unpaired) electrons. The maximum absolute atomic E-state index is 6.15. The zero-order valence-electron chi connectivity index (χ0n) is 12.2. The molecule has 0 amide bonds. The number of hydrogen-bond donors (Lipinski definition) is 1. The summed E-state index contributed by atoms with van der Waals surface area (Å²) in [6.45, 7) is 8.90. The second-order valence-electron chi connectivity index (χ2n) is 7.28. The van der Waals surface area contributed by atoms with E-state index in [1.165, 1.54) is 32.1 Å². The molecule has 1 atom stereocenters. The molecule has 1 aliphatic carbocycles. The van der Waals surface area contributed by atoms with Crippen LogP contribution in [0.2, 0.25) is 0 Å². The number of nitrogens with two attached hydrogens (primary N) is 1. The zero-order valence-corrected chi connectivity index (χ0v) is 13.0. The van der Waals surface area contributed by atoms with Gasteiger partial charge in [-0.15, -0.1) is 12.4 Å². The molecule has 1 spiro atoms.